The van der Waals surface area contributed by atoms with E-state index in [1.807, 2.05) is 0 Å². The standard InChI is InChI=1S/C15H14F2N4O/c1-8-7-12(20-15(18-8)19-9-5-6-9)14(22)21-13-10(16)3-2-4-11(13)17/h2-4,7,9H,5-6H2,1H3,(H,21,22)(H,18,19,20). The van der Waals surface area contributed by atoms with Crippen LogP contribution in [0.1, 0.15) is 29.0 Å². The molecule has 2 N–H and O–H groups in total. The second-order valence-electron chi connectivity index (χ2n) is 5.19. The molecule has 0 atom stereocenters. The summed E-state index contributed by atoms with van der Waals surface area (Å²) in [6.45, 7) is 1.72. The van der Waals surface area contributed by atoms with Crippen molar-refractivity contribution in [2.24, 2.45) is 0 Å². The number of nitrogens with zero attached hydrogens (tertiary/aromatic N) is 2. The van der Waals surface area contributed by atoms with Crippen LogP contribution in [-0.4, -0.2) is 21.9 Å². The third-order valence-corrected chi connectivity index (χ3v) is 3.20. The molecule has 1 fully saturated rings. The SMILES string of the molecule is Cc1cc(C(=O)Nc2c(F)cccc2F)nc(NC2CC2)n1. The predicted octanol–water partition coefficient (Wildman–Crippen LogP) is 2.89. The Morgan fingerprint density at radius 1 is 1.23 bits per heavy atom. The highest BCUT2D eigenvalue weighted by atomic mass is 19.1. The van der Waals surface area contributed by atoms with Gasteiger partial charge in [0.25, 0.3) is 5.91 Å². The number of para-hydroxylation sites is 1. The third kappa shape index (κ3) is 3.19. The zero-order chi connectivity index (χ0) is 15.7. The van der Waals surface area contributed by atoms with Crippen LogP contribution >= 0.6 is 0 Å². The highest BCUT2D eigenvalue weighted by Crippen LogP contribution is 2.23. The molecule has 2 aromatic rings. The van der Waals surface area contributed by atoms with Crippen molar-refractivity contribution in [2.75, 3.05) is 10.6 Å². The van der Waals surface area contributed by atoms with Gasteiger partial charge in [0.15, 0.2) is 0 Å². The van der Waals surface area contributed by atoms with Crippen LogP contribution in [0.3, 0.4) is 0 Å². The van der Waals surface area contributed by atoms with Crippen molar-refractivity contribution in [2.45, 2.75) is 25.8 Å². The summed E-state index contributed by atoms with van der Waals surface area (Å²) in [7, 11) is 0. The monoisotopic (exact) mass is 304 g/mol. The first-order chi connectivity index (χ1) is 10.5. The second kappa shape index (κ2) is 5.67. The zero-order valence-corrected chi connectivity index (χ0v) is 11.9. The van der Waals surface area contributed by atoms with Gasteiger partial charge in [-0.15, -0.1) is 0 Å². The van der Waals surface area contributed by atoms with Crippen LogP contribution in [0.15, 0.2) is 24.3 Å². The normalized spacial score (nSPS) is 13.8. The number of amides is 1. The first-order valence-electron chi connectivity index (χ1n) is 6.90. The average molecular weight is 304 g/mol. The van der Waals surface area contributed by atoms with E-state index in [2.05, 4.69) is 20.6 Å². The van der Waals surface area contributed by atoms with Crippen molar-refractivity contribution in [3.05, 3.63) is 47.3 Å². The first-order valence-corrected chi connectivity index (χ1v) is 6.90. The maximum absolute atomic E-state index is 13.6. The van der Waals surface area contributed by atoms with E-state index in [1.54, 1.807) is 6.92 Å². The largest absolute Gasteiger partial charge is 0.351 e. The van der Waals surface area contributed by atoms with E-state index in [9.17, 15) is 13.6 Å². The van der Waals surface area contributed by atoms with Gasteiger partial charge in [-0.25, -0.2) is 18.7 Å². The number of carbonyl (C=O) groups is 1. The fraction of sp³-hybridized carbons (Fsp3) is 0.267. The molecule has 0 aliphatic heterocycles. The molecule has 1 aliphatic rings. The Balaban J connectivity index is 1.83. The highest BCUT2D eigenvalue weighted by molar-refractivity contribution is 6.03. The molecule has 0 unspecified atom stereocenters. The summed E-state index contributed by atoms with van der Waals surface area (Å²) in [4.78, 5) is 20.4. The molecule has 114 valence electrons. The molecule has 0 spiro atoms. The van der Waals surface area contributed by atoms with Crippen molar-refractivity contribution < 1.29 is 13.6 Å². The summed E-state index contributed by atoms with van der Waals surface area (Å²) in [5.41, 5.74) is 0.163. The van der Waals surface area contributed by atoms with E-state index in [0.29, 0.717) is 17.7 Å². The number of hydrogen-bond donors (Lipinski definition) is 2. The number of rotatable bonds is 4. The molecule has 1 aliphatic carbocycles. The fourth-order valence-corrected chi connectivity index (χ4v) is 1.95. The van der Waals surface area contributed by atoms with Crippen LogP contribution < -0.4 is 10.6 Å². The van der Waals surface area contributed by atoms with Crippen LogP contribution in [0.5, 0.6) is 0 Å². The Labute approximate surface area is 125 Å². The summed E-state index contributed by atoms with van der Waals surface area (Å²) in [5.74, 6) is -2.01. The lowest BCUT2D eigenvalue weighted by molar-refractivity contribution is 0.102. The Morgan fingerprint density at radius 2 is 1.91 bits per heavy atom. The molecule has 0 radical (unpaired) electrons. The number of aryl methyl sites for hydroxylation is 1. The van der Waals surface area contributed by atoms with Gasteiger partial charge in [-0.3, -0.25) is 4.79 Å². The minimum atomic E-state index is -0.838. The number of aromatic nitrogens is 2. The van der Waals surface area contributed by atoms with Gasteiger partial charge in [-0.2, -0.15) is 0 Å². The maximum atomic E-state index is 13.6. The highest BCUT2D eigenvalue weighted by Gasteiger charge is 2.23. The number of halogens is 2. The summed E-state index contributed by atoms with van der Waals surface area (Å²) in [6.07, 6.45) is 2.08. The molecule has 5 nitrogen and oxygen atoms in total. The summed E-state index contributed by atoms with van der Waals surface area (Å²) < 4.78 is 27.1. The molecule has 1 heterocycles. The van der Waals surface area contributed by atoms with Gasteiger partial charge >= 0.3 is 0 Å². The lowest BCUT2D eigenvalue weighted by atomic mass is 10.2. The van der Waals surface area contributed by atoms with Crippen molar-refractivity contribution in [3.8, 4) is 0 Å². The van der Waals surface area contributed by atoms with E-state index in [4.69, 9.17) is 0 Å². The fourth-order valence-electron chi connectivity index (χ4n) is 1.95. The van der Waals surface area contributed by atoms with Gasteiger partial charge in [0.1, 0.15) is 23.0 Å². The van der Waals surface area contributed by atoms with Crippen molar-refractivity contribution in [3.63, 3.8) is 0 Å². The Hall–Kier alpha value is -2.57. The van der Waals surface area contributed by atoms with Crippen LogP contribution in [0.25, 0.3) is 0 Å². The van der Waals surface area contributed by atoms with Gasteiger partial charge in [0.2, 0.25) is 5.95 Å². The molecule has 0 saturated heterocycles. The molecule has 3 rings (SSSR count). The molecule has 0 bridgehead atoms. The first kappa shape index (κ1) is 14.4. The summed E-state index contributed by atoms with van der Waals surface area (Å²) in [5, 5.41) is 5.30. The Bertz CT molecular complexity index is 711. The van der Waals surface area contributed by atoms with Gasteiger partial charge in [0, 0.05) is 11.7 Å². The van der Waals surface area contributed by atoms with E-state index in [0.717, 1.165) is 25.0 Å². The van der Waals surface area contributed by atoms with Crippen molar-refractivity contribution in [1.82, 2.24) is 9.97 Å². The van der Waals surface area contributed by atoms with Crippen LogP contribution in [0.4, 0.5) is 20.4 Å². The summed E-state index contributed by atoms with van der Waals surface area (Å²) in [6, 6.07) is 5.18. The number of carbonyl (C=O) groups excluding carboxylic acids is 1. The van der Waals surface area contributed by atoms with Crippen LogP contribution in [0.2, 0.25) is 0 Å². The zero-order valence-electron chi connectivity index (χ0n) is 11.9. The van der Waals surface area contributed by atoms with E-state index < -0.39 is 23.2 Å². The number of hydrogen-bond acceptors (Lipinski definition) is 4. The Kier molecular flexibility index (Phi) is 3.70. The minimum Gasteiger partial charge on any atom is -0.351 e. The van der Waals surface area contributed by atoms with Crippen molar-refractivity contribution in [1.29, 1.82) is 0 Å². The Morgan fingerprint density at radius 3 is 2.55 bits per heavy atom. The molecule has 1 saturated carbocycles. The van der Waals surface area contributed by atoms with Gasteiger partial charge in [-0.1, -0.05) is 6.07 Å². The molecule has 1 aromatic heterocycles. The van der Waals surface area contributed by atoms with Gasteiger partial charge in [-0.05, 0) is 38.0 Å². The molecular weight excluding hydrogens is 290 g/mol. The van der Waals surface area contributed by atoms with Crippen molar-refractivity contribution >= 4 is 17.5 Å². The lowest BCUT2D eigenvalue weighted by Gasteiger charge is -2.09. The molecule has 7 heteroatoms. The molecular formula is C15H14F2N4O. The van der Waals surface area contributed by atoms with Crippen LogP contribution in [0, 0.1) is 18.6 Å². The van der Waals surface area contributed by atoms with Gasteiger partial charge < -0.3 is 10.6 Å². The van der Waals surface area contributed by atoms with E-state index >= 15 is 0 Å². The number of nitrogens with one attached hydrogen (secondary N) is 2. The maximum Gasteiger partial charge on any atom is 0.274 e. The third-order valence-electron chi connectivity index (χ3n) is 3.20. The van der Waals surface area contributed by atoms with Gasteiger partial charge in [0.05, 0.1) is 0 Å². The predicted molar refractivity (Wildman–Crippen MR) is 77.7 cm³/mol. The molecule has 1 amide bonds. The molecule has 22 heavy (non-hydrogen) atoms. The minimum absolute atomic E-state index is 0.0540. The quantitative estimate of drug-likeness (QED) is 0.911. The average Bonchev–Trinajstić information content (AvgIpc) is 3.26. The topological polar surface area (TPSA) is 66.9 Å². The smallest absolute Gasteiger partial charge is 0.274 e. The van der Waals surface area contributed by atoms with Crippen LogP contribution in [-0.2, 0) is 0 Å². The summed E-state index contributed by atoms with van der Waals surface area (Å²) >= 11 is 0. The van der Waals surface area contributed by atoms with E-state index in [-0.39, 0.29) is 5.69 Å². The number of benzene rings is 1. The van der Waals surface area contributed by atoms with E-state index in [1.165, 1.54) is 12.1 Å². The molecule has 1 aromatic carbocycles. The lowest BCUT2D eigenvalue weighted by Crippen LogP contribution is -2.18. The number of anilines is 2. The second-order valence-corrected chi connectivity index (χ2v) is 5.19.